The highest BCUT2D eigenvalue weighted by Crippen LogP contribution is 2.30. The van der Waals surface area contributed by atoms with Crippen molar-refractivity contribution in [2.24, 2.45) is 5.92 Å². The van der Waals surface area contributed by atoms with Gasteiger partial charge in [0.1, 0.15) is 12.1 Å². The van der Waals surface area contributed by atoms with Crippen LogP contribution in [-0.4, -0.2) is 35.8 Å². The molecule has 0 aromatic heterocycles. The van der Waals surface area contributed by atoms with Gasteiger partial charge in [-0.15, -0.1) is 0 Å². The zero-order valence-electron chi connectivity index (χ0n) is 11.4. The van der Waals surface area contributed by atoms with E-state index < -0.39 is 0 Å². The van der Waals surface area contributed by atoms with Crippen LogP contribution in [0.3, 0.4) is 0 Å². The molecule has 2 rings (SSSR count). The number of carbonyl (C=O) groups is 2. The van der Waals surface area contributed by atoms with E-state index in [1.165, 1.54) is 19.3 Å². The second-order valence-corrected chi connectivity index (χ2v) is 5.64. The van der Waals surface area contributed by atoms with E-state index in [0.717, 1.165) is 25.7 Å². The van der Waals surface area contributed by atoms with E-state index in [4.69, 9.17) is 0 Å². The summed E-state index contributed by atoms with van der Waals surface area (Å²) in [7, 11) is 1.79. The van der Waals surface area contributed by atoms with Gasteiger partial charge in [-0.2, -0.15) is 0 Å². The van der Waals surface area contributed by atoms with Gasteiger partial charge in [-0.3, -0.25) is 9.59 Å². The Morgan fingerprint density at radius 2 is 1.89 bits per heavy atom. The number of amides is 2. The standard InChI is InChI=1S/C14H24N2O2/c1-3-7-11-14(18)16(2)12(13(17)15-11)10-8-5-4-6-9-10/h10-12H,3-9H2,1-2H3,(H,15,17). The Morgan fingerprint density at radius 1 is 1.22 bits per heavy atom. The third-order valence-electron chi connectivity index (χ3n) is 4.32. The lowest BCUT2D eigenvalue weighted by Gasteiger charge is -2.41. The fourth-order valence-electron chi connectivity index (χ4n) is 3.34. The van der Waals surface area contributed by atoms with Crippen molar-refractivity contribution < 1.29 is 9.59 Å². The number of carbonyl (C=O) groups excluding carboxylic acids is 2. The third-order valence-corrected chi connectivity index (χ3v) is 4.32. The number of rotatable bonds is 3. The fourth-order valence-corrected chi connectivity index (χ4v) is 3.34. The van der Waals surface area contributed by atoms with Crippen LogP contribution in [0.25, 0.3) is 0 Å². The zero-order chi connectivity index (χ0) is 13.1. The van der Waals surface area contributed by atoms with Gasteiger partial charge in [-0.05, 0) is 25.2 Å². The molecule has 1 saturated carbocycles. The number of nitrogens with zero attached hydrogens (tertiary/aromatic N) is 1. The number of likely N-dealkylation sites (N-methyl/N-ethyl adjacent to an activating group) is 1. The van der Waals surface area contributed by atoms with Crippen molar-refractivity contribution in [3.8, 4) is 0 Å². The normalized spacial score (nSPS) is 30.4. The minimum absolute atomic E-state index is 0.0578. The molecule has 2 unspecified atom stereocenters. The molecule has 102 valence electrons. The maximum Gasteiger partial charge on any atom is 0.245 e. The number of hydrogen-bond acceptors (Lipinski definition) is 2. The van der Waals surface area contributed by atoms with Crippen molar-refractivity contribution in [2.45, 2.75) is 64.0 Å². The topological polar surface area (TPSA) is 49.4 Å². The maximum absolute atomic E-state index is 12.2. The Kier molecular flexibility index (Phi) is 4.25. The molecule has 0 radical (unpaired) electrons. The largest absolute Gasteiger partial charge is 0.342 e. The molecule has 18 heavy (non-hydrogen) atoms. The molecule has 2 aliphatic rings. The first-order valence-corrected chi connectivity index (χ1v) is 7.22. The Morgan fingerprint density at radius 3 is 2.50 bits per heavy atom. The van der Waals surface area contributed by atoms with Gasteiger partial charge < -0.3 is 10.2 Å². The van der Waals surface area contributed by atoms with Crippen molar-refractivity contribution in [1.82, 2.24) is 10.2 Å². The van der Waals surface area contributed by atoms with E-state index in [9.17, 15) is 9.59 Å². The van der Waals surface area contributed by atoms with Crippen LogP contribution >= 0.6 is 0 Å². The van der Waals surface area contributed by atoms with Crippen molar-refractivity contribution in [1.29, 1.82) is 0 Å². The zero-order valence-corrected chi connectivity index (χ0v) is 11.4. The molecule has 1 N–H and O–H groups in total. The van der Waals surface area contributed by atoms with Gasteiger partial charge in [0, 0.05) is 7.05 Å². The summed E-state index contributed by atoms with van der Waals surface area (Å²) in [5.41, 5.74) is 0. The molecule has 4 nitrogen and oxygen atoms in total. The van der Waals surface area contributed by atoms with Crippen LogP contribution in [0, 0.1) is 5.92 Å². The average Bonchev–Trinajstić information content (AvgIpc) is 2.37. The quantitative estimate of drug-likeness (QED) is 0.831. The summed E-state index contributed by atoms with van der Waals surface area (Å²) in [5, 5.41) is 2.91. The predicted molar refractivity (Wildman–Crippen MR) is 70.0 cm³/mol. The Bertz CT molecular complexity index is 324. The smallest absolute Gasteiger partial charge is 0.245 e. The molecular weight excluding hydrogens is 228 g/mol. The number of nitrogens with one attached hydrogen (secondary N) is 1. The monoisotopic (exact) mass is 252 g/mol. The highest BCUT2D eigenvalue weighted by molar-refractivity contribution is 5.96. The summed E-state index contributed by atoms with van der Waals surface area (Å²) >= 11 is 0. The summed E-state index contributed by atoms with van der Waals surface area (Å²) in [6.45, 7) is 2.03. The second kappa shape index (κ2) is 5.72. The van der Waals surface area contributed by atoms with Crippen molar-refractivity contribution in [2.75, 3.05) is 7.05 Å². The van der Waals surface area contributed by atoms with Gasteiger partial charge in [-0.25, -0.2) is 0 Å². The summed E-state index contributed by atoms with van der Waals surface area (Å²) in [6.07, 6.45) is 7.46. The highest BCUT2D eigenvalue weighted by atomic mass is 16.2. The lowest BCUT2D eigenvalue weighted by molar-refractivity contribution is -0.150. The van der Waals surface area contributed by atoms with Crippen LogP contribution < -0.4 is 5.32 Å². The highest BCUT2D eigenvalue weighted by Gasteiger charge is 2.42. The van der Waals surface area contributed by atoms with Crippen molar-refractivity contribution >= 4 is 11.8 Å². The molecule has 0 bridgehead atoms. The first-order valence-electron chi connectivity index (χ1n) is 7.22. The second-order valence-electron chi connectivity index (χ2n) is 5.64. The minimum atomic E-state index is -0.299. The van der Waals surface area contributed by atoms with Crippen LogP contribution in [0.1, 0.15) is 51.9 Å². The number of hydrogen-bond donors (Lipinski definition) is 1. The predicted octanol–water partition coefficient (Wildman–Crippen LogP) is 1.69. The molecule has 1 saturated heterocycles. The average molecular weight is 252 g/mol. The molecule has 0 aromatic rings. The number of piperazine rings is 1. The van der Waals surface area contributed by atoms with Crippen LogP contribution in [-0.2, 0) is 9.59 Å². The summed E-state index contributed by atoms with van der Waals surface area (Å²) in [4.78, 5) is 26.2. The van der Waals surface area contributed by atoms with Gasteiger partial charge in [0.15, 0.2) is 0 Å². The van der Waals surface area contributed by atoms with E-state index >= 15 is 0 Å². The fraction of sp³-hybridized carbons (Fsp3) is 0.857. The van der Waals surface area contributed by atoms with Gasteiger partial charge in [0.05, 0.1) is 0 Å². The van der Waals surface area contributed by atoms with Crippen molar-refractivity contribution in [3.63, 3.8) is 0 Å². The third kappa shape index (κ3) is 2.52. The Labute approximate surface area is 109 Å². The molecule has 4 heteroatoms. The molecular formula is C14H24N2O2. The van der Waals surface area contributed by atoms with Crippen LogP contribution in [0.4, 0.5) is 0 Å². The summed E-state index contributed by atoms with van der Waals surface area (Å²) in [6, 6.07) is -0.529. The first kappa shape index (κ1) is 13.4. The van der Waals surface area contributed by atoms with E-state index in [0.29, 0.717) is 5.92 Å². The molecule has 2 amide bonds. The molecule has 0 spiro atoms. The maximum atomic E-state index is 12.2. The van der Waals surface area contributed by atoms with Gasteiger partial charge in [0.2, 0.25) is 11.8 Å². The van der Waals surface area contributed by atoms with Crippen LogP contribution in [0.2, 0.25) is 0 Å². The van der Waals surface area contributed by atoms with Crippen LogP contribution in [0.5, 0.6) is 0 Å². The molecule has 2 atom stereocenters. The summed E-state index contributed by atoms with van der Waals surface area (Å²) < 4.78 is 0. The summed E-state index contributed by atoms with van der Waals surface area (Å²) in [5.74, 6) is 0.504. The first-order chi connectivity index (χ1) is 8.65. The minimum Gasteiger partial charge on any atom is -0.342 e. The Balaban J connectivity index is 2.07. The molecule has 1 heterocycles. The van der Waals surface area contributed by atoms with Gasteiger partial charge in [0.25, 0.3) is 0 Å². The lowest BCUT2D eigenvalue weighted by Crippen LogP contribution is -2.64. The molecule has 2 fully saturated rings. The lowest BCUT2D eigenvalue weighted by atomic mass is 9.81. The van der Waals surface area contributed by atoms with Crippen molar-refractivity contribution in [3.05, 3.63) is 0 Å². The van der Waals surface area contributed by atoms with Gasteiger partial charge >= 0.3 is 0 Å². The SMILES string of the molecule is CCCC1NC(=O)C(C2CCCCC2)N(C)C1=O. The van der Waals surface area contributed by atoms with E-state index in [1.807, 2.05) is 6.92 Å². The van der Waals surface area contributed by atoms with E-state index in [1.54, 1.807) is 11.9 Å². The molecule has 0 aromatic carbocycles. The van der Waals surface area contributed by atoms with E-state index in [2.05, 4.69) is 5.32 Å². The Hall–Kier alpha value is -1.06. The molecule has 1 aliphatic carbocycles. The van der Waals surface area contributed by atoms with Gasteiger partial charge in [-0.1, -0.05) is 32.6 Å². The molecule has 1 aliphatic heterocycles. The van der Waals surface area contributed by atoms with E-state index in [-0.39, 0.29) is 23.9 Å². The van der Waals surface area contributed by atoms with Crippen LogP contribution in [0.15, 0.2) is 0 Å².